The van der Waals surface area contributed by atoms with Gasteiger partial charge in [-0.25, -0.2) is 0 Å². The molecule has 0 fully saturated rings. The normalized spacial score (nSPS) is 9.70. The van der Waals surface area contributed by atoms with Crippen molar-refractivity contribution in [3.8, 4) is 6.07 Å². The number of amides is 1. The number of carbonyl (C=O) groups excluding carboxylic acids is 2. The lowest BCUT2D eigenvalue weighted by atomic mass is 10.1. The molecule has 0 saturated carbocycles. The van der Waals surface area contributed by atoms with Crippen molar-refractivity contribution in [3.63, 3.8) is 0 Å². The molecule has 1 rings (SSSR count). The highest BCUT2D eigenvalue weighted by Gasteiger charge is 2.11. The largest absolute Gasteiger partial charge is 0.376 e. The molecule has 1 aromatic rings. The molecule has 0 aliphatic rings. The van der Waals surface area contributed by atoms with E-state index in [4.69, 9.17) is 5.26 Å². The molecular formula is C14H16BrN3O2. The van der Waals surface area contributed by atoms with Crippen LogP contribution in [0.1, 0.15) is 23.7 Å². The molecule has 0 aromatic heterocycles. The van der Waals surface area contributed by atoms with Crippen LogP contribution >= 0.6 is 15.9 Å². The summed E-state index contributed by atoms with van der Waals surface area (Å²) in [5, 5.41) is 11.4. The van der Waals surface area contributed by atoms with E-state index in [1.54, 1.807) is 25.2 Å². The third kappa shape index (κ3) is 4.67. The van der Waals surface area contributed by atoms with E-state index in [2.05, 4.69) is 21.2 Å². The van der Waals surface area contributed by atoms with Crippen LogP contribution in [-0.4, -0.2) is 36.7 Å². The van der Waals surface area contributed by atoms with Gasteiger partial charge in [-0.05, 0) is 25.1 Å². The third-order valence-electron chi connectivity index (χ3n) is 2.78. The lowest BCUT2D eigenvalue weighted by molar-refractivity contribution is -0.127. The van der Waals surface area contributed by atoms with E-state index < -0.39 is 0 Å². The fourth-order valence-corrected chi connectivity index (χ4v) is 1.97. The quantitative estimate of drug-likeness (QED) is 0.809. The molecule has 0 aliphatic heterocycles. The second-order valence-electron chi connectivity index (χ2n) is 4.32. The van der Waals surface area contributed by atoms with Gasteiger partial charge in [0.25, 0.3) is 0 Å². The maximum absolute atomic E-state index is 11.8. The number of hydrogen-bond donors (Lipinski definition) is 1. The van der Waals surface area contributed by atoms with Crippen LogP contribution in [0.25, 0.3) is 0 Å². The van der Waals surface area contributed by atoms with Crippen molar-refractivity contribution in [3.05, 3.63) is 28.2 Å². The summed E-state index contributed by atoms with van der Waals surface area (Å²) < 4.78 is 0.811. The van der Waals surface area contributed by atoms with Gasteiger partial charge in [0, 0.05) is 29.3 Å². The fourth-order valence-electron chi connectivity index (χ4n) is 1.61. The average molecular weight is 338 g/mol. The van der Waals surface area contributed by atoms with Crippen LogP contribution in [0, 0.1) is 11.3 Å². The van der Waals surface area contributed by atoms with Crippen molar-refractivity contribution in [1.29, 1.82) is 5.26 Å². The summed E-state index contributed by atoms with van der Waals surface area (Å²) in [5.74, 6) is -0.197. The minimum Gasteiger partial charge on any atom is -0.376 e. The van der Waals surface area contributed by atoms with Gasteiger partial charge < -0.3 is 10.2 Å². The summed E-state index contributed by atoms with van der Waals surface area (Å²) in [4.78, 5) is 24.9. The molecule has 0 bridgehead atoms. The number of Topliss-reactive ketones (excluding diaryl/α,β-unsaturated/α-hetero) is 1. The second kappa shape index (κ2) is 7.65. The van der Waals surface area contributed by atoms with Gasteiger partial charge in [-0.15, -0.1) is 0 Å². The van der Waals surface area contributed by atoms with Gasteiger partial charge in [0.1, 0.15) is 0 Å². The zero-order valence-corrected chi connectivity index (χ0v) is 13.0. The molecule has 1 aromatic carbocycles. The molecule has 0 spiro atoms. The zero-order chi connectivity index (χ0) is 15.1. The minimum absolute atomic E-state index is 0.0703. The van der Waals surface area contributed by atoms with Crippen molar-refractivity contribution in [2.45, 2.75) is 13.3 Å². The first-order chi connectivity index (χ1) is 9.45. The number of nitrogens with zero attached hydrogens (tertiary/aromatic N) is 2. The first-order valence-electron chi connectivity index (χ1n) is 6.11. The molecule has 6 heteroatoms. The molecule has 1 amide bonds. The summed E-state index contributed by atoms with van der Waals surface area (Å²) in [6.07, 6.45) is 0.305. The molecule has 5 nitrogen and oxygen atoms in total. The number of ketones is 1. The predicted octanol–water partition coefficient (Wildman–Crippen LogP) is 2.44. The Balaban J connectivity index is 2.68. The Morgan fingerprint density at radius 2 is 2.15 bits per heavy atom. The van der Waals surface area contributed by atoms with Gasteiger partial charge in [0.05, 0.1) is 19.0 Å². The molecule has 0 aliphatic carbocycles. The zero-order valence-electron chi connectivity index (χ0n) is 11.4. The van der Waals surface area contributed by atoms with E-state index in [0.717, 1.165) is 4.47 Å². The van der Waals surface area contributed by atoms with E-state index in [-0.39, 0.29) is 18.2 Å². The van der Waals surface area contributed by atoms with Gasteiger partial charge in [0.15, 0.2) is 5.78 Å². The van der Waals surface area contributed by atoms with Gasteiger partial charge in [-0.3, -0.25) is 9.59 Å². The number of nitrogens with one attached hydrogen (secondary N) is 1. The number of nitriles is 1. The summed E-state index contributed by atoms with van der Waals surface area (Å²) >= 11 is 3.31. The van der Waals surface area contributed by atoms with Gasteiger partial charge in [0.2, 0.25) is 5.91 Å². The van der Waals surface area contributed by atoms with Crippen molar-refractivity contribution in [2.75, 3.05) is 25.5 Å². The summed E-state index contributed by atoms with van der Waals surface area (Å²) in [6, 6.07) is 7.27. The number of benzene rings is 1. The Hall–Kier alpha value is -1.87. The SMILES string of the molecule is CC(=O)c1cc(Br)ccc1NCC(=O)N(C)CCC#N. The third-order valence-corrected chi connectivity index (χ3v) is 3.27. The fraction of sp³-hybridized carbons (Fsp3) is 0.357. The van der Waals surface area contributed by atoms with Crippen LogP contribution in [0.3, 0.4) is 0 Å². The molecule has 0 radical (unpaired) electrons. The van der Waals surface area contributed by atoms with Crippen LogP contribution in [-0.2, 0) is 4.79 Å². The second-order valence-corrected chi connectivity index (χ2v) is 5.24. The first-order valence-corrected chi connectivity index (χ1v) is 6.90. The Morgan fingerprint density at radius 1 is 1.45 bits per heavy atom. The molecular weight excluding hydrogens is 322 g/mol. The van der Waals surface area contributed by atoms with Crippen LogP contribution < -0.4 is 5.32 Å². The lowest BCUT2D eigenvalue weighted by Crippen LogP contribution is -2.33. The highest BCUT2D eigenvalue weighted by atomic mass is 79.9. The van der Waals surface area contributed by atoms with Crippen LogP contribution in [0.4, 0.5) is 5.69 Å². The lowest BCUT2D eigenvalue weighted by Gasteiger charge is -2.17. The molecule has 0 atom stereocenters. The first kappa shape index (κ1) is 16.2. The molecule has 0 saturated heterocycles. The average Bonchev–Trinajstić information content (AvgIpc) is 2.42. The van der Waals surface area contributed by atoms with Crippen molar-refractivity contribution >= 4 is 33.3 Å². The smallest absolute Gasteiger partial charge is 0.241 e. The molecule has 0 heterocycles. The molecule has 106 valence electrons. The Labute approximate surface area is 126 Å². The van der Waals surface area contributed by atoms with Crippen LogP contribution in [0.15, 0.2) is 22.7 Å². The Morgan fingerprint density at radius 3 is 2.75 bits per heavy atom. The predicted molar refractivity (Wildman–Crippen MR) is 80.5 cm³/mol. The van der Waals surface area contributed by atoms with Gasteiger partial charge >= 0.3 is 0 Å². The van der Waals surface area contributed by atoms with Crippen molar-refractivity contribution < 1.29 is 9.59 Å². The Kier molecular flexibility index (Phi) is 6.19. The minimum atomic E-state index is -0.127. The highest BCUT2D eigenvalue weighted by molar-refractivity contribution is 9.10. The van der Waals surface area contributed by atoms with E-state index in [1.807, 2.05) is 6.07 Å². The molecule has 0 unspecified atom stereocenters. The van der Waals surface area contributed by atoms with E-state index >= 15 is 0 Å². The number of anilines is 1. The van der Waals surface area contributed by atoms with E-state index in [1.165, 1.54) is 11.8 Å². The summed E-state index contributed by atoms with van der Waals surface area (Å²) in [6.45, 7) is 1.97. The van der Waals surface area contributed by atoms with Crippen LogP contribution in [0.2, 0.25) is 0 Å². The maximum Gasteiger partial charge on any atom is 0.241 e. The number of rotatable bonds is 6. The van der Waals surface area contributed by atoms with E-state index in [0.29, 0.717) is 24.2 Å². The number of likely N-dealkylation sites (N-methyl/N-ethyl adjacent to an activating group) is 1. The monoisotopic (exact) mass is 337 g/mol. The molecule has 20 heavy (non-hydrogen) atoms. The summed E-state index contributed by atoms with van der Waals surface area (Å²) in [7, 11) is 1.65. The van der Waals surface area contributed by atoms with Crippen molar-refractivity contribution in [2.24, 2.45) is 0 Å². The van der Waals surface area contributed by atoms with Crippen molar-refractivity contribution in [1.82, 2.24) is 4.90 Å². The molecule has 1 N–H and O–H groups in total. The maximum atomic E-state index is 11.8. The number of hydrogen-bond acceptors (Lipinski definition) is 4. The standard InChI is InChI=1S/C14H16BrN3O2/c1-10(19)12-8-11(15)4-5-13(12)17-9-14(20)18(2)7-3-6-16/h4-5,8,17H,3,7,9H2,1-2H3. The Bertz CT molecular complexity index is 552. The topological polar surface area (TPSA) is 73.2 Å². The number of halogens is 1. The van der Waals surface area contributed by atoms with Gasteiger partial charge in [-0.2, -0.15) is 5.26 Å². The highest BCUT2D eigenvalue weighted by Crippen LogP contribution is 2.21. The van der Waals surface area contributed by atoms with Gasteiger partial charge in [-0.1, -0.05) is 15.9 Å². The number of carbonyl (C=O) groups is 2. The summed E-state index contributed by atoms with van der Waals surface area (Å²) in [5.41, 5.74) is 1.16. The van der Waals surface area contributed by atoms with E-state index in [9.17, 15) is 9.59 Å². The van der Waals surface area contributed by atoms with Crippen LogP contribution in [0.5, 0.6) is 0 Å².